The van der Waals surface area contributed by atoms with Crippen LogP contribution in [0.3, 0.4) is 0 Å². The molecule has 0 bridgehead atoms. The zero-order valence-electron chi connectivity index (χ0n) is 9.00. The van der Waals surface area contributed by atoms with Crippen molar-refractivity contribution in [1.82, 2.24) is 0 Å². The summed E-state index contributed by atoms with van der Waals surface area (Å²) < 4.78 is 35.0. The highest BCUT2D eigenvalue weighted by molar-refractivity contribution is 5.84. The van der Waals surface area contributed by atoms with Crippen LogP contribution in [0.4, 0.5) is 8.78 Å². The van der Waals surface area contributed by atoms with Crippen LogP contribution in [0, 0.1) is 11.6 Å². The van der Waals surface area contributed by atoms with Crippen LogP contribution < -0.4 is 0 Å². The Labute approximate surface area is 92.0 Å². The van der Waals surface area contributed by atoms with E-state index in [9.17, 15) is 13.6 Å². The SMILES string of the molecule is COC(OC)C(=O)Cc1ccc(F)c(F)c1. The molecule has 0 aliphatic carbocycles. The fourth-order valence-corrected chi connectivity index (χ4v) is 1.29. The highest BCUT2D eigenvalue weighted by Crippen LogP contribution is 2.10. The molecule has 1 aromatic rings. The number of carbonyl (C=O) groups excluding carboxylic acids is 1. The Kier molecular flexibility index (Phi) is 4.52. The van der Waals surface area contributed by atoms with E-state index in [0.29, 0.717) is 5.56 Å². The molecule has 0 aliphatic rings. The smallest absolute Gasteiger partial charge is 0.217 e. The van der Waals surface area contributed by atoms with Crippen molar-refractivity contribution < 1.29 is 23.0 Å². The van der Waals surface area contributed by atoms with Gasteiger partial charge in [0.25, 0.3) is 0 Å². The van der Waals surface area contributed by atoms with Gasteiger partial charge < -0.3 is 9.47 Å². The van der Waals surface area contributed by atoms with Gasteiger partial charge in [-0.25, -0.2) is 8.78 Å². The molecule has 1 rings (SSSR count). The van der Waals surface area contributed by atoms with E-state index in [0.717, 1.165) is 12.1 Å². The van der Waals surface area contributed by atoms with E-state index in [1.165, 1.54) is 20.3 Å². The molecular formula is C11H12F2O3. The molecule has 5 heteroatoms. The number of halogens is 2. The van der Waals surface area contributed by atoms with Crippen LogP contribution in [-0.2, 0) is 20.7 Å². The first-order chi connectivity index (χ1) is 7.58. The summed E-state index contributed by atoms with van der Waals surface area (Å²) in [7, 11) is 2.66. The predicted molar refractivity (Wildman–Crippen MR) is 52.9 cm³/mol. The van der Waals surface area contributed by atoms with Crippen molar-refractivity contribution in [2.24, 2.45) is 0 Å². The summed E-state index contributed by atoms with van der Waals surface area (Å²) in [5.41, 5.74) is 0.378. The van der Waals surface area contributed by atoms with Gasteiger partial charge in [-0.1, -0.05) is 6.07 Å². The molecule has 0 heterocycles. The Bertz CT molecular complexity index is 375. The van der Waals surface area contributed by atoms with Gasteiger partial charge in [0.2, 0.25) is 6.29 Å². The van der Waals surface area contributed by atoms with Crippen molar-refractivity contribution in [1.29, 1.82) is 0 Å². The third-order valence-corrected chi connectivity index (χ3v) is 2.05. The largest absolute Gasteiger partial charge is 0.349 e. The lowest BCUT2D eigenvalue weighted by Gasteiger charge is -2.11. The molecule has 0 amide bonds. The van der Waals surface area contributed by atoms with Crippen LogP contribution in [0.5, 0.6) is 0 Å². The molecule has 16 heavy (non-hydrogen) atoms. The molecular weight excluding hydrogens is 218 g/mol. The number of ketones is 1. The average Bonchev–Trinajstić information content (AvgIpc) is 2.25. The standard InChI is InChI=1S/C11H12F2O3/c1-15-11(16-2)10(14)6-7-3-4-8(12)9(13)5-7/h3-5,11H,6H2,1-2H3. The summed E-state index contributed by atoms with van der Waals surface area (Å²) in [4.78, 5) is 11.5. The molecule has 0 saturated heterocycles. The van der Waals surface area contributed by atoms with Crippen molar-refractivity contribution in [2.45, 2.75) is 12.7 Å². The Balaban J connectivity index is 2.73. The predicted octanol–water partition coefficient (Wildman–Crippen LogP) is 1.70. The van der Waals surface area contributed by atoms with E-state index in [2.05, 4.69) is 0 Å². The highest BCUT2D eigenvalue weighted by Gasteiger charge is 2.17. The lowest BCUT2D eigenvalue weighted by Crippen LogP contribution is -2.26. The van der Waals surface area contributed by atoms with E-state index in [1.807, 2.05) is 0 Å². The van der Waals surface area contributed by atoms with Gasteiger partial charge in [-0.3, -0.25) is 4.79 Å². The monoisotopic (exact) mass is 230 g/mol. The van der Waals surface area contributed by atoms with Gasteiger partial charge in [-0.2, -0.15) is 0 Å². The minimum atomic E-state index is -0.979. The summed E-state index contributed by atoms with van der Waals surface area (Å²) in [5.74, 6) is -2.26. The van der Waals surface area contributed by atoms with Gasteiger partial charge in [0.05, 0.1) is 0 Å². The van der Waals surface area contributed by atoms with Crippen molar-refractivity contribution in [2.75, 3.05) is 14.2 Å². The molecule has 0 saturated carbocycles. The van der Waals surface area contributed by atoms with Crippen molar-refractivity contribution in [3.05, 3.63) is 35.4 Å². The minimum Gasteiger partial charge on any atom is -0.349 e. The first-order valence-corrected chi connectivity index (χ1v) is 4.60. The van der Waals surface area contributed by atoms with E-state index < -0.39 is 17.9 Å². The lowest BCUT2D eigenvalue weighted by molar-refractivity contribution is -0.155. The number of benzene rings is 1. The van der Waals surface area contributed by atoms with Crippen LogP contribution in [0.15, 0.2) is 18.2 Å². The first kappa shape index (κ1) is 12.7. The number of hydrogen-bond donors (Lipinski definition) is 0. The van der Waals surface area contributed by atoms with Gasteiger partial charge in [0.15, 0.2) is 17.4 Å². The molecule has 0 unspecified atom stereocenters. The summed E-state index contributed by atoms with van der Waals surface area (Å²) in [5, 5.41) is 0. The summed E-state index contributed by atoms with van der Waals surface area (Å²) in [6.45, 7) is 0. The maximum Gasteiger partial charge on any atom is 0.217 e. The number of Topliss-reactive ketones (excluding diaryl/α,β-unsaturated/α-hetero) is 1. The van der Waals surface area contributed by atoms with Gasteiger partial charge in [0, 0.05) is 20.6 Å². The molecule has 0 radical (unpaired) electrons. The van der Waals surface area contributed by atoms with Gasteiger partial charge in [-0.05, 0) is 17.7 Å². The van der Waals surface area contributed by atoms with Crippen LogP contribution >= 0.6 is 0 Å². The van der Waals surface area contributed by atoms with Gasteiger partial charge >= 0.3 is 0 Å². The van der Waals surface area contributed by atoms with Gasteiger partial charge in [-0.15, -0.1) is 0 Å². The third kappa shape index (κ3) is 3.08. The Hall–Kier alpha value is -1.33. The van der Waals surface area contributed by atoms with Crippen LogP contribution in [0.2, 0.25) is 0 Å². The molecule has 0 spiro atoms. The van der Waals surface area contributed by atoms with Crippen LogP contribution in [-0.4, -0.2) is 26.3 Å². The second kappa shape index (κ2) is 5.67. The zero-order chi connectivity index (χ0) is 12.1. The number of ether oxygens (including phenoxy) is 2. The first-order valence-electron chi connectivity index (χ1n) is 4.60. The van der Waals surface area contributed by atoms with Gasteiger partial charge in [0.1, 0.15) is 0 Å². The van der Waals surface area contributed by atoms with Crippen LogP contribution in [0.25, 0.3) is 0 Å². The third-order valence-electron chi connectivity index (χ3n) is 2.05. The normalized spacial score (nSPS) is 10.8. The topological polar surface area (TPSA) is 35.5 Å². The summed E-state index contributed by atoms with van der Waals surface area (Å²) >= 11 is 0. The quantitative estimate of drug-likeness (QED) is 0.722. The van der Waals surface area contributed by atoms with E-state index >= 15 is 0 Å². The van der Waals surface area contributed by atoms with Crippen LogP contribution in [0.1, 0.15) is 5.56 Å². The highest BCUT2D eigenvalue weighted by atomic mass is 19.2. The molecule has 88 valence electrons. The molecule has 0 atom stereocenters. The molecule has 1 aromatic carbocycles. The zero-order valence-corrected chi connectivity index (χ0v) is 9.00. The Morgan fingerprint density at radius 3 is 2.38 bits per heavy atom. The average molecular weight is 230 g/mol. The number of methoxy groups -OCH3 is 2. The molecule has 0 fully saturated rings. The second-order valence-electron chi connectivity index (χ2n) is 3.19. The second-order valence-corrected chi connectivity index (χ2v) is 3.19. The minimum absolute atomic E-state index is 0.0659. The van der Waals surface area contributed by atoms with Crippen molar-refractivity contribution in [3.63, 3.8) is 0 Å². The number of hydrogen-bond acceptors (Lipinski definition) is 3. The summed E-state index contributed by atoms with van der Waals surface area (Å²) in [6.07, 6.45) is -1.04. The molecule has 0 N–H and O–H groups in total. The maximum atomic E-state index is 12.8. The fourth-order valence-electron chi connectivity index (χ4n) is 1.29. The van der Waals surface area contributed by atoms with E-state index in [1.54, 1.807) is 0 Å². The molecule has 0 aliphatic heterocycles. The van der Waals surface area contributed by atoms with Crippen molar-refractivity contribution in [3.8, 4) is 0 Å². The van der Waals surface area contributed by atoms with E-state index in [4.69, 9.17) is 9.47 Å². The number of carbonyl (C=O) groups is 1. The molecule has 3 nitrogen and oxygen atoms in total. The lowest BCUT2D eigenvalue weighted by atomic mass is 10.1. The fraction of sp³-hybridized carbons (Fsp3) is 0.364. The Morgan fingerprint density at radius 2 is 1.88 bits per heavy atom. The summed E-state index contributed by atoms with van der Waals surface area (Å²) in [6, 6.07) is 3.31. The number of rotatable bonds is 5. The molecule has 0 aromatic heterocycles. The van der Waals surface area contributed by atoms with Crippen molar-refractivity contribution >= 4 is 5.78 Å². The maximum absolute atomic E-state index is 12.8. The van der Waals surface area contributed by atoms with E-state index in [-0.39, 0.29) is 12.2 Å². The Morgan fingerprint density at radius 1 is 1.25 bits per heavy atom.